The molecule has 1 aliphatic rings. The fourth-order valence-corrected chi connectivity index (χ4v) is 3.54. The van der Waals surface area contributed by atoms with Gasteiger partial charge in [0.2, 0.25) is 0 Å². The highest BCUT2D eigenvalue weighted by Crippen LogP contribution is 2.21. The highest BCUT2D eigenvalue weighted by atomic mass is 32.1. The Bertz CT molecular complexity index is 327. The SMILES string of the molecule is CCc1ccc(CN(C)C2CCCNCC2)s1. The topological polar surface area (TPSA) is 15.3 Å². The molecule has 0 aromatic carbocycles. The Morgan fingerprint density at radius 2 is 2.12 bits per heavy atom. The van der Waals surface area contributed by atoms with Crippen LogP contribution in [0.15, 0.2) is 12.1 Å². The average molecular weight is 252 g/mol. The van der Waals surface area contributed by atoms with E-state index in [1.54, 1.807) is 0 Å². The Balaban J connectivity index is 1.88. The standard InChI is InChI=1S/C14H24N2S/c1-3-13-6-7-14(17-13)11-16(2)12-5-4-9-15-10-8-12/h6-7,12,15H,3-5,8-11H2,1-2H3. The van der Waals surface area contributed by atoms with E-state index in [0.717, 1.165) is 12.6 Å². The molecule has 0 spiro atoms. The molecule has 0 saturated carbocycles. The van der Waals surface area contributed by atoms with Gasteiger partial charge < -0.3 is 5.32 Å². The van der Waals surface area contributed by atoms with Crippen LogP contribution in [0.5, 0.6) is 0 Å². The normalized spacial score (nSPS) is 21.7. The van der Waals surface area contributed by atoms with E-state index in [0.29, 0.717) is 0 Å². The second-order valence-electron chi connectivity index (χ2n) is 4.97. The van der Waals surface area contributed by atoms with E-state index in [2.05, 4.69) is 36.3 Å². The number of aryl methyl sites for hydroxylation is 1. The van der Waals surface area contributed by atoms with Gasteiger partial charge >= 0.3 is 0 Å². The maximum Gasteiger partial charge on any atom is 0.0327 e. The van der Waals surface area contributed by atoms with Crippen LogP contribution in [0.25, 0.3) is 0 Å². The summed E-state index contributed by atoms with van der Waals surface area (Å²) in [4.78, 5) is 5.57. The summed E-state index contributed by atoms with van der Waals surface area (Å²) in [6.45, 7) is 5.73. The Labute approximate surface area is 109 Å². The van der Waals surface area contributed by atoms with E-state index in [9.17, 15) is 0 Å². The summed E-state index contributed by atoms with van der Waals surface area (Å²) in [7, 11) is 2.28. The van der Waals surface area contributed by atoms with E-state index in [1.807, 2.05) is 11.3 Å². The van der Waals surface area contributed by atoms with Crippen molar-refractivity contribution in [1.29, 1.82) is 0 Å². The quantitative estimate of drug-likeness (QED) is 0.886. The maximum absolute atomic E-state index is 3.49. The predicted octanol–water partition coefficient (Wildman–Crippen LogP) is 2.88. The molecule has 1 fully saturated rings. The largest absolute Gasteiger partial charge is 0.317 e. The molecule has 2 heterocycles. The number of nitrogens with one attached hydrogen (secondary N) is 1. The number of thiophene rings is 1. The fourth-order valence-electron chi connectivity index (χ4n) is 2.51. The van der Waals surface area contributed by atoms with Crippen LogP contribution in [0, 0.1) is 0 Å². The molecule has 1 aromatic heterocycles. The molecular formula is C14H24N2S. The summed E-state index contributed by atoms with van der Waals surface area (Å²) in [5, 5.41) is 3.49. The summed E-state index contributed by atoms with van der Waals surface area (Å²) in [5.74, 6) is 0. The highest BCUT2D eigenvalue weighted by molar-refractivity contribution is 7.11. The zero-order valence-electron chi connectivity index (χ0n) is 11.0. The van der Waals surface area contributed by atoms with Gasteiger partial charge in [-0.1, -0.05) is 6.92 Å². The molecule has 1 unspecified atom stereocenters. The smallest absolute Gasteiger partial charge is 0.0327 e. The van der Waals surface area contributed by atoms with Gasteiger partial charge in [0.25, 0.3) is 0 Å². The van der Waals surface area contributed by atoms with Crippen LogP contribution in [0.4, 0.5) is 0 Å². The average Bonchev–Trinajstić information content (AvgIpc) is 2.62. The van der Waals surface area contributed by atoms with E-state index in [-0.39, 0.29) is 0 Å². The minimum absolute atomic E-state index is 0.761. The third-order valence-corrected chi connectivity index (χ3v) is 4.85. The molecule has 0 radical (unpaired) electrons. The highest BCUT2D eigenvalue weighted by Gasteiger charge is 2.17. The summed E-state index contributed by atoms with van der Waals surface area (Å²) in [6.07, 6.45) is 5.12. The lowest BCUT2D eigenvalue weighted by Crippen LogP contribution is -2.31. The lowest BCUT2D eigenvalue weighted by Gasteiger charge is -2.26. The number of hydrogen-bond donors (Lipinski definition) is 1. The molecule has 17 heavy (non-hydrogen) atoms. The first kappa shape index (κ1) is 13.1. The van der Waals surface area contributed by atoms with Crippen molar-refractivity contribution in [3.63, 3.8) is 0 Å². The molecule has 0 bridgehead atoms. The first-order chi connectivity index (χ1) is 8.29. The minimum atomic E-state index is 0.761. The summed E-state index contributed by atoms with van der Waals surface area (Å²) < 4.78 is 0. The van der Waals surface area contributed by atoms with Crippen molar-refractivity contribution in [2.24, 2.45) is 0 Å². The minimum Gasteiger partial charge on any atom is -0.317 e. The van der Waals surface area contributed by atoms with Crippen molar-refractivity contribution in [2.45, 2.75) is 45.2 Å². The van der Waals surface area contributed by atoms with Gasteiger partial charge in [0.1, 0.15) is 0 Å². The Hall–Kier alpha value is -0.380. The monoisotopic (exact) mass is 252 g/mol. The van der Waals surface area contributed by atoms with Crippen molar-refractivity contribution in [3.8, 4) is 0 Å². The Kier molecular flexibility index (Phi) is 5.01. The second-order valence-corrected chi connectivity index (χ2v) is 6.22. The van der Waals surface area contributed by atoms with Gasteiger partial charge in [-0.15, -0.1) is 11.3 Å². The molecule has 1 aliphatic heterocycles. The molecular weight excluding hydrogens is 228 g/mol. The molecule has 2 rings (SSSR count). The van der Waals surface area contributed by atoms with Gasteiger partial charge in [-0.3, -0.25) is 4.90 Å². The Morgan fingerprint density at radius 3 is 2.88 bits per heavy atom. The zero-order valence-corrected chi connectivity index (χ0v) is 11.9. The Morgan fingerprint density at radius 1 is 1.29 bits per heavy atom. The third kappa shape index (κ3) is 3.80. The van der Waals surface area contributed by atoms with E-state index >= 15 is 0 Å². The van der Waals surface area contributed by atoms with E-state index in [4.69, 9.17) is 0 Å². The van der Waals surface area contributed by atoms with Crippen LogP contribution < -0.4 is 5.32 Å². The van der Waals surface area contributed by atoms with Gasteiger partial charge in [0.15, 0.2) is 0 Å². The van der Waals surface area contributed by atoms with Crippen LogP contribution in [0.1, 0.15) is 35.9 Å². The fraction of sp³-hybridized carbons (Fsp3) is 0.714. The first-order valence-corrected chi connectivity index (χ1v) is 7.59. The summed E-state index contributed by atoms with van der Waals surface area (Å²) in [6, 6.07) is 5.34. The lowest BCUT2D eigenvalue weighted by molar-refractivity contribution is 0.218. The molecule has 0 amide bonds. The molecule has 1 atom stereocenters. The van der Waals surface area contributed by atoms with Crippen molar-refractivity contribution in [1.82, 2.24) is 10.2 Å². The van der Waals surface area contributed by atoms with Crippen molar-refractivity contribution in [2.75, 3.05) is 20.1 Å². The predicted molar refractivity (Wildman–Crippen MR) is 75.7 cm³/mol. The zero-order chi connectivity index (χ0) is 12.1. The van der Waals surface area contributed by atoms with E-state index < -0.39 is 0 Å². The molecule has 1 saturated heterocycles. The molecule has 96 valence electrons. The van der Waals surface area contributed by atoms with Gasteiger partial charge in [0.05, 0.1) is 0 Å². The molecule has 2 nitrogen and oxygen atoms in total. The van der Waals surface area contributed by atoms with Crippen LogP contribution in [-0.4, -0.2) is 31.1 Å². The second kappa shape index (κ2) is 6.53. The van der Waals surface area contributed by atoms with Crippen molar-refractivity contribution < 1.29 is 0 Å². The lowest BCUT2D eigenvalue weighted by atomic mass is 10.1. The van der Waals surface area contributed by atoms with Crippen LogP contribution in [0.2, 0.25) is 0 Å². The molecule has 1 aromatic rings. The number of rotatable bonds is 4. The number of hydrogen-bond acceptors (Lipinski definition) is 3. The summed E-state index contributed by atoms with van der Waals surface area (Å²) in [5.41, 5.74) is 0. The number of nitrogens with zero attached hydrogens (tertiary/aromatic N) is 1. The molecule has 0 aliphatic carbocycles. The van der Waals surface area contributed by atoms with Crippen molar-refractivity contribution >= 4 is 11.3 Å². The van der Waals surface area contributed by atoms with Gasteiger partial charge in [-0.05, 0) is 58.0 Å². The summed E-state index contributed by atoms with van der Waals surface area (Å²) >= 11 is 1.97. The van der Waals surface area contributed by atoms with Gasteiger partial charge in [0, 0.05) is 22.3 Å². The van der Waals surface area contributed by atoms with Gasteiger partial charge in [-0.25, -0.2) is 0 Å². The van der Waals surface area contributed by atoms with Crippen LogP contribution >= 0.6 is 11.3 Å². The van der Waals surface area contributed by atoms with Gasteiger partial charge in [-0.2, -0.15) is 0 Å². The van der Waals surface area contributed by atoms with Crippen molar-refractivity contribution in [3.05, 3.63) is 21.9 Å². The molecule has 3 heteroatoms. The first-order valence-electron chi connectivity index (χ1n) is 6.78. The van der Waals surface area contributed by atoms with Crippen LogP contribution in [0.3, 0.4) is 0 Å². The third-order valence-electron chi connectivity index (χ3n) is 3.64. The van der Waals surface area contributed by atoms with Crippen LogP contribution in [-0.2, 0) is 13.0 Å². The van der Waals surface area contributed by atoms with E-state index in [1.165, 1.54) is 48.5 Å². The molecule has 1 N–H and O–H groups in total. The maximum atomic E-state index is 3.49.